The van der Waals surface area contributed by atoms with Gasteiger partial charge in [-0.3, -0.25) is 5.10 Å². The quantitative estimate of drug-likeness (QED) is 0.637. The van der Waals surface area contributed by atoms with E-state index < -0.39 is 59.3 Å². The van der Waals surface area contributed by atoms with Crippen LogP contribution in [0.1, 0.15) is 31.7 Å². The van der Waals surface area contributed by atoms with Crippen molar-refractivity contribution in [2.75, 3.05) is 0 Å². The first-order valence-electron chi connectivity index (χ1n) is 8.21. The highest BCUT2D eigenvalue weighted by atomic mass is 19.4. The van der Waals surface area contributed by atoms with Crippen molar-refractivity contribution < 1.29 is 40.2 Å². The molecule has 0 bridgehead atoms. The third-order valence-electron chi connectivity index (χ3n) is 4.71. The Labute approximate surface area is 160 Å². The Morgan fingerprint density at radius 1 is 1.10 bits per heavy atom. The van der Waals surface area contributed by atoms with Crippen LogP contribution in [0.5, 0.6) is 0 Å². The van der Waals surface area contributed by atoms with E-state index >= 15 is 0 Å². The van der Waals surface area contributed by atoms with Crippen LogP contribution in [-0.2, 0) is 12.0 Å². The number of aromatic amines is 1. The molecular weight excluding hydrogens is 414 g/mol. The maximum Gasteiger partial charge on any atom is 0.425 e. The fourth-order valence-electron chi connectivity index (χ4n) is 3.14. The van der Waals surface area contributed by atoms with Gasteiger partial charge in [0, 0.05) is 29.9 Å². The fraction of sp³-hybridized carbons (Fsp3) is 0.529. The van der Waals surface area contributed by atoms with Crippen LogP contribution in [0.2, 0.25) is 0 Å². The molecule has 1 aromatic heterocycles. The van der Waals surface area contributed by atoms with E-state index in [1.165, 1.54) is 0 Å². The Hall–Kier alpha value is -2.24. The molecule has 0 radical (unpaired) electrons. The van der Waals surface area contributed by atoms with Crippen molar-refractivity contribution in [2.45, 2.75) is 50.6 Å². The zero-order valence-corrected chi connectivity index (χ0v) is 15.2. The van der Waals surface area contributed by atoms with Crippen molar-refractivity contribution in [1.82, 2.24) is 15.2 Å². The average molecular weight is 431 g/mol. The van der Waals surface area contributed by atoms with Crippen LogP contribution in [0, 0.1) is 17.0 Å². The van der Waals surface area contributed by atoms with Crippen LogP contribution in [0.3, 0.4) is 0 Å². The lowest BCUT2D eigenvalue weighted by molar-refractivity contribution is -0.258. The second-order valence-corrected chi connectivity index (χ2v) is 7.30. The molecular formula is C17H17F8N3O. The number of nitrogens with zero attached hydrogens (tertiary/aromatic N) is 2. The molecule has 0 fully saturated rings. The van der Waals surface area contributed by atoms with Gasteiger partial charge in [0.15, 0.2) is 5.82 Å². The van der Waals surface area contributed by atoms with Gasteiger partial charge in [-0.25, -0.2) is 26.9 Å². The van der Waals surface area contributed by atoms with Gasteiger partial charge in [-0.1, -0.05) is 19.9 Å². The van der Waals surface area contributed by atoms with Crippen molar-refractivity contribution in [3.05, 3.63) is 47.5 Å². The summed E-state index contributed by atoms with van der Waals surface area (Å²) in [4.78, 5) is 3.69. The van der Waals surface area contributed by atoms with E-state index in [1.54, 1.807) is 0 Å². The topological polar surface area (TPSA) is 61.8 Å². The van der Waals surface area contributed by atoms with Crippen LogP contribution in [0.15, 0.2) is 24.5 Å². The number of nitrogens with one attached hydrogen (secondary N) is 1. The van der Waals surface area contributed by atoms with E-state index in [1.807, 2.05) is 0 Å². The maximum atomic E-state index is 14.4. The summed E-state index contributed by atoms with van der Waals surface area (Å²) in [5, 5.41) is 17.1. The van der Waals surface area contributed by atoms with Crippen LogP contribution >= 0.6 is 0 Å². The molecule has 12 heteroatoms. The lowest BCUT2D eigenvalue weighted by Gasteiger charge is -2.44. The molecule has 0 aliphatic carbocycles. The van der Waals surface area contributed by atoms with Gasteiger partial charge < -0.3 is 5.11 Å². The van der Waals surface area contributed by atoms with Gasteiger partial charge in [-0.05, 0) is 6.07 Å². The molecule has 1 aromatic carbocycles. The molecule has 2 atom stereocenters. The highest BCUT2D eigenvalue weighted by Crippen LogP contribution is 2.51. The number of benzene rings is 1. The minimum Gasteiger partial charge on any atom is -0.384 e. The average Bonchev–Trinajstić information content (AvgIpc) is 3.04. The van der Waals surface area contributed by atoms with Gasteiger partial charge in [0.05, 0.1) is 0 Å². The Morgan fingerprint density at radius 3 is 2.21 bits per heavy atom. The Kier molecular flexibility index (Phi) is 5.99. The van der Waals surface area contributed by atoms with Crippen LogP contribution in [-0.4, -0.2) is 38.6 Å². The summed E-state index contributed by atoms with van der Waals surface area (Å²) in [5.74, 6) is -7.48. The third kappa shape index (κ3) is 4.68. The number of halogens is 8. The Bertz CT molecular complexity index is 838. The molecule has 2 unspecified atom stereocenters. The molecule has 1 heterocycles. The van der Waals surface area contributed by atoms with Gasteiger partial charge in [0.25, 0.3) is 12.1 Å². The van der Waals surface area contributed by atoms with Crippen molar-refractivity contribution in [2.24, 2.45) is 5.41 Å². The summed E-state index contributed by atoms with van der Waals surface area (Å²) in [6.45, 7) is 1.83. The normalized spacial score (nSPS) is 16.5. The first-order valence-corrected chi connectivity index (χ1v) is 8.21. The molecule has 4 nitrogen and oxygen atoms in total. The number of aromatic nitrogens is 3. The van der Waals surface area contributed by atoms with E-state index in [4.69, 9.17) is 0 Å². The van der Waals surface area contributed by atoms with Crippen molar-refractivity contribution in [1.29, 1.82) is 0 Å². The number of rotatable bonds is 7. The lowest BCUT2D eigenvalue weighted by atomic mass is 9.65. The molecule has 0 saturated carbocycles. The predicted octanol–water partition coefficient (Wildman–Crippen LogP) is 4.47. The number of alkyl halides is 6. The van der Waals surface area contributed by atoms with Gasteiger partial charge in [0.1, 0.15) is 23.6 Å². The summed E-state index contributed by atoms with van der Waals surface area (Å²) < 4.78 is 107. The minimum atomic E-state index is -5.84. The van der Waals surface area contributed by atoms with Crippen LogP contribution in [0.25, 0.3) is 0 Å². The SMILES string of the molecule is CC(C)(CC(F)(F)C(F)C(F)(F)F)C(O)(Cc1nc[nH]n1)c1ccc(F)cc1F. The molecule has 29 heavy (non-hydrogen) atoms. The number of hydrogen-bond acceptors (Lipinski definition) is 3. The molecule has 2 aromatic rings. The standard InChI is InChI=1S/C17H17F8N3O/c1-14(2,7-16(21,22)13(20)17(23,24)25)15(29,6-12-26-8-27-28-12)10-4-3-9(18)5-11(10)19/h3-5,8,13,29H,6-7H2,1-2H3,(H,26,27,28). The van der Waals surface area contributed by atoms with Crippen molar-refractivity contribution in [3.8, 4) is 0 Å². The molecule has 0 aliphatic rings. The summed E-state index contributed by atoms with van der Waals surface area (Å²) in [5.41, 5.74) is -5.56. The molecule has 2 rings (SSSR count). The van der Waals surface area contributed by atoms with E-state index in [9.17, 15) is 40.2 Å². The fourth-order valence-corrected chi connectivity index (χ4v) is 3.14. The second kappa shape index (κ2) is 7.54. The molecule has 2 N–H and O–H groups in total. The smallest absolute Gasteiger partial charge is 0.384 e. The summed E-state index contributed by atoms with van der Waals surface area (Å²) >= 11 is 0. The van der Waals surface area contributed by atoms with Gasteiger partial charge in [0.2, 0.25) is 0 Å². The summed E-state index contributed by atoms with van der Waals surface area (Å²) in [6, 6.07) is 1.89. The van der Waals surface area contributed by atoms with Crippen molar-refractivity contribution in [3.63, 3.8) is 0 Å². The Balaban J connectivity index is 2.54. The monoisotopic (exact) mass is 431 g/mol. The summed E-state index contributed by atoms with van der Waals surface area (Å²) in [6.07, 6.45) is -11.8. The zero-order valence-electron chi connectivity index (χ0n) is 15.2. The van der Waals surface area contributed by atoms with E-state index in [2.05, 4.69) is 15.2 Å². The van der Waals surface area contributed by atoms with E-state index in [0.717, 1.165) is 32.3 Å². The second-order valence-electron chi connectivity index (χ2n) is 7.30. The number of H-pyrrole nitrogens is 1. The molecule has 0 aliphatic heterocycles. The number of aliphatic hydroxyl groups is 1. The van der Waals surface area contributed by atoms with Crippen molar-refractivity contribution >= 4 is 0 Å². The largest absolute Gasteiger partial charge is 0.425 e. The lowest BCUT2D eigenvalue weighted by Crippen LogP contribution is -2.51. The van der Waals surface area contributed by atoms with E-state index in [-0.39, 0.29) is 5.82 Å². The maximum absolute atomic E-state index is 14.4. The van der Waals surface area contributed by atoms with Gasteiger partial charge >= 0.3 is 6.18 Å². The zero-order chi connectivity index (χ0) is 22.3. The van der Waals surface area contributed by atoms with Gasteiger partial charge in [-0.2, -0.15) is 18.3 Å². The van der Waals surface area contributed by atoms with Crippen LogP contribution in [0.4, 0.5) is 35.1 Å². The highest BCUT2D eigenvalue weighted by molar-refractivity contribution is 5.29. The van der Waals surface area contributed by atoms with Crippen LogP contribution < -0.4 is 0 Å². The predicted molar refractivity (Wildman–Crippen MR) is 84.6 cm³/mol. The number of hydrogen-bond donors (Lipinski definition) is 2. The molecule has 0 saturated heterocycles. The van der Waals surface area contributed by atoms with Gasteiger partial charge in [-0.15, -0.1) is 0 Å². The first-order chi connectivity index (χ1) is 13.1. The Morgan fingerprint density at radius 2 is 1.72 bits per heavy atom. The molecule has 0 amide bonds. The van der Waals surface area contributed by atoms with E-state index in [0.29, 0.717) is 6.07 Å². The highest BCUT2D eigenvalue weighted by Gasteiger charge is 2.61. The first kappa shape index (κ1) is 23.0. The molecule has 162 valence electrons. The summed E-state index contributed by atoms with van der Waals surface area (Å²) in [7, 11) is 0. The third-order valence-corrected chi connectivity index (χ3v) is 4.71. The molecule has 0 spiro atoms. The minimum absolute atomic E-state index is 0.180.